The van der Waals surface area contributed by atoms with Crippen LogP contribution >= 0.6 is 12.4 Å². The summed E-state index contributed by atoms with van der Waals surface area (Å²) in [6.45, 7) is 2.11. The van der Waals surface area contributed by atoms with Crippen molar-refractivity contribution in [3.63, 3.8) is 0 Å². The Bertz CT molecular complexity index is 415. The van der Waals surface area contributed by atoms with Crippen molar-refractivity contribution >= 4 is 22.2 Å². The van der Waals surface area contributed by atoms with Crippen molar-refractivity contribution in [2.24, 2.45) is 5.73 Å². The highest BCUT2D eigenvalue weighted by atomic mass is 35.5. The van der Waals surface area contributed by atoms with Crippen LogP contribution in [0, 0.1) is 6.92 Å². The SMILES string of the molecule is Cc1ccc(CN)c(S(C)(=O)=O)c1.Cl. The number of nitrogens with two attached hydrogens (primary N) is 1. The molecule has 0 aliphatic carbocycles. The third-order valence-electron chi connectivity index (χ3n) is 1.84. The topological polar surface area (TPSA) is 60.2 Å². The molecular formula is C9H14ClNO2S. The first-order valence-electron chi connectivity index (χ1n) is 3.95. The minimum absolute atomic E-state index is 0. The Hall–Kier alpha value is -0.580. The van der Waals surface area contributed by atoms with Crippen molar-refractivity contribution in [3.8, 4) is 0 Å². The molecule has 0 unspecified atom stereocenters. The van der Waals surface area contributed by atoms with Gasteiger partial charge in [-0.3, -0.25) is 0 Å². The van der Waals surface area contributed by atoms with Crippen LogP contribution in [-0.2, 0) is 16.4 Å². The second-order valence-electron chi connectivity index (χ2n) is 3.09. The number of sulfone groups is 1. The maximum Gasteiger partial charge on any atom is 0.175 e. The third-order valence-corrected chi connectivity index (χ3v) is 3.02. The molecule has 0 aliphatic rings. The van der Waals surface area contributed by atoms with E-state index < -0.39 is 9.84 Å². The van der Waals surface area contributed by atoms with Crippen LogP contribution in [0.3, 0.4) is 0 Å². The summed E-state index contributed by atoms with van der Waals surface area (Å²) in [4.78, 5) is 0.343. The summed E-state index contributed by atoms with van der Waals surface area (Å²) in [5.41, 5.74) is 7.04. The van der Waals surface area contributed by atoms with Gasteiger partial charge in [0, 0.05) is 12.8 Å². The molecule has 0 fully saturated rings. The Morgan fingerprint density at radius 3 is 2.36 bits per heavy atom. The number of halogens is 1. The Balaban J connectivity index is 0.00000169. The molecule has 14 heavy (non-hydrogen) atoms. The largest absolute Gasteiger partial charge is 0.326 e. The fourth-order valence-electron chi connectivity index (χ4n) is 1.18. The van der Waals surface area contributed by atoms with Crippen molar-refractivity contribution < 1.29 is 8.42 Å². The van der Waals surface area contributed by atoms with E-state index >= 15 is 0 Å². The van der Waals surface area contributed by atoms with Gasteiger partial charge in [-0.25, -0.2) is 8.42 Å². The van der Waals surface area contributed by atoms with Crippen LogP contribution in [0.1, 0.15) is 11.1 Å². The Morgan fingerprint density at radius 2 is 1.93 bits per heavy atom. The highest BCUT2D eigenvalue weighted by Gasteiger charge is 2.11. The van der Waals surface area contributed by atoms with Gasteiger partial charge in [-0.05, 0) is 24.1 Å². The molecule has 0 saturated carbocycles. The molecule has 5 heteroatoms. The molecule has 1 aromatic carbocycles. The molecule has 1 rings (SSSR count). The van der Waals surface area contributed by atoms with Crippen LogP contribution in [0.2, 0.25) is 0 Å². The van der Waals surface area contributed by atoms with E-state index in [0.29, 0.717) is 10.5 Å². The molecular weight excluding hydrogens is 222 g/mol. The highest BCUT2D eigenvalue weighted by molar-refractivity contribution is 7.90. The van der Waals surface area contributed by atoms with Gasteiger partial charge in [0.15, 0.2) is 9.84 Å². The molecule has 0 aromatic heterocycles. The molecule has 3 nitrogen and oxygen atoms in total. The fraction of sp³-hybridized carbons (Fsp3) is 0.333. The van der Waals surface area contributed by atoms with Crippen LogP contribution in [0.5, 0.6) is 0 Å². The molecule has 80 valence electrons. The van der Waals surface area contributed by atoms with E-state index in [1.54, 1.807) is 12.1 Å². The number of hydrogen-bond acceptors (Lipinski definition) is 3. The van der Waals surface area contributed by atoms with E-state index in [-0.39, 0.29) is 19.0 Å². The number of rotatable bonds is 2. The zero-order valence-electron chi connectivity index (χ0n) is 8.15. The van der Waals surface area contributed by atoms with E-state index in [9.17, 15) is 8.42 Å². The van der Waals surface area contributed by atoms with Crippen molar-refractivity contribution in [2.45, 2.75) is 18.4 Å². The van der Waals surface area contributed by atoms with Gasteiger partial charge in [0.2, 0.25) is 0 Å². The summed E-state index contributed by atoms with van der Waals surface area (Å²) in [6, 6.07) is 5.26. The van der Waals surface area contributed by atoms with Crippen LogP contribution in [0.15, 0.2) is 23.1 Å². The zero-order valence-corrected chi connectivity index (χ0v) is 9.78. The van der Waals surface area contributed by atoms with Gasteiger partial charge < -0.3 is 5.73 Å². The summed E-state index contributed by atoms with van der Waals surface area (Å²) < 4.78 is 22.6. The minimum atomic E-state index is -3.15. The first-order valence-corrected chi connectivity index (χ1v) is 5.84. The number of benzene rings is 1. The lowest BCUT2D eigenvalue weighted by molar-refractivity contribution is 0.600. The van der Waals surface area contributed by atoms with Crippen LogP contribution in [0.4, 0.5) is 0 Å². The lowest BCUT2D eigenvalue weighted by Crippen LogP contribution is -2.06. The average Bonchev–Trinajstić information content (AvgIpc) is 2.03. The molecule has 1 aromatic rings. The van der Waals surface area contributed by atoms with Crippen LogP contribution in [-0.4, -0.2) is 14.7 Å². The first kappa shape index (κ1) is 13.4. The van der Waals surface area contributed by atoms with Crippen molar-refractivity contribution in [1.29, 1.82) is 0 Å². The molecule has 0 bridgehead atoms. The van der Waals surface area contributed by atoms with E-state index in [2.05, 4.69) is 0 Å². The lowest BCUT2D eigenvalue weighted by atomic mass is 10.1. The summed E-state index contributed by atoms with van der Waals surface area (Å²) in [6.07, 6.45) is 1.20. The third kappa shape index (κ3) is 2.97. The van der Waals surface area contributed by atoms with Gasteiger partial charge >= 0.3 is 0 Å². The predicted molar refractivity (Wildman–Crippen MR) is 59.4 cm³/mol. The van der Waals surface area contributed by atoms with Crippen molar-refractivity contribution in [1.82, 2.24) is 0 Å². The lowest BCUT2D eigenvalue weighted by Gasteiger charge is -2.06. The van der Waals surface area contributed by atoms with E-state index in [1.165, 1.54) is 6.26 Å². The number of aryl methyl sites for hydroxylation is 1. The van der Waals surface area contributed by atoms with Gasteiger partial charge in [0.1, 0.15) is 0 Å². The molecule has 0 saturated heterocycles. The summed E-state index contributed by atoms with van der Waals surface area (Å²) in [5, 5.41) is 0. The second kappa shape index (κ2) is 4.77. The second-order valence-corrected chi connectivity index (χ2v) is 5.07. The van der Waals surface area contributed by atoms with Gasteiger partial charge in [-0.15, -0.1) is 12.4 Å². The number of hydrogen-bond donors (Lipinski definition) is 1. The molecule has 0 aliphatic heterocycles. The first-order chi connectivity index (χ1) is 5.95. The molecule has 2 N–H and O–H groups in total. The predicted octanol–water partition coefficient (Wildman–Crippen LogP) is 1.28. The van der Waals surface area contributed by atoms with E-state index in [1.807, 2.05) is 13.0 Å². The summed E-state index contributed by atoms with van der Waals surface area (Å²) in [7, 11) is -3.15. The molecule has 0 spiro atoms. The highest BCUT2D eigenvalue weighted by Crippen LogP contribution is 2.16. The Labute approximate surface area is 90.6 Å². The average molecular weight is 236 g/mol. The fourth-order valence-corrected chi connectivity index (χ4v) is 2.20. The quantitative estimate of drug-likeness (QED) is 0.840. The monoisotopic (exact) mass is 235 g/mol. The molecule has 0 atom stereocenters. The zero-order chi connectivity index (χ0) is 10.1. The van der Waals surface area contributed by atoms with Crippen LogP contribution in [0.25, 0.3) is 0 Å². The molecule has 0 radical (unpaired) electrons. The van der Waals surface area contributed by atoms with Gasteiger partial charge in [-0.2, -0.15) is 0 Å². The Kier molecular flexibility index (Phi) is 4.58. The van der Waals surface area contributed by atoms with Gasteiger partial charge in [0.05, 0.1) is 4.90 Å². The standard InChI is InChI=1S/C9H13NO2S.ClH/c1-7-3-4-8(6-10)9(5-7)13(2,11)12;/h3-5H,6,10H2,1-2H3;1H. The smallest absolute Gasteiger partial charge is 0.175 e. The molecule has 0 amide bonds. The molecule has 0 heterocycles. The normalized spacial score (nSPS) is 10.8. The Morgan fingerprint density at radius 1 is 1.36 bits per heavy atom. The van der Waals surface area contributed by atoms with Gasteiger partial charge in [0.25, 0.3) is 0 Å². The van der Waals surface area contributed by atoms with E-state index in [0.717, 1.165) is 5.56 Å². The van der Waals surface area contributed by atoms with Crippen molar-refractivity contribution in [2.75, 3.05) is 6.26 Å². The van der Waals surface area contributed by atoms with Crippen LogP contribution < -0.4 is 5.73 Å². The maximum absolute atomic E-state index is 11.3. The summed E-state index contributed by atoms with van der Waals surface area (Å²) >= 11 is 0. The van der Waals surface area contributed by atoms with Crippen molar-refractivity contribution in [3.05, 3.63) is 29.3 Å². The summed E-state index contributed by atoms with van der Waals surface area (Å²) in [5.74, 6) is 0. The minimum Gasteiger partial charge on any atom is -0.326 e. The van der Waals surface area contributed by atoms with Gasteiger partial charge in [-0.1, -0.05) is 12.1 Å². The maximum atomic E-state index is 11.3. The van der Waals surface area contributed by atoms with E-state index in [4.69, 9.17) is 5.73 Å².